The fourth-order valence-electron chi connectivity index (χ4n) is 3.95. The van der Waals surface area contributed by atoms with Crippen LogP contribution in [0.1, 0.15) is 94.3 Å². The van der Waals surface area contributed by atoms with Crippen molar-refractivity contribution < 1.29 is 4.79 Å². The van der Waals surface area contributed by atoms with E-state index < -0.39 is 0 Å². The van der Waals surface area contributed by atoms with Crippen molar-refractivity contribution in [1.29, 1.82) is 0 Å². The zero-order chi connectivity index (χ0) is 18.1. The first-order chi connectivity index (χ1) is 11.1. The Morgan fingerprint density at radius 1 is 1.33 bits per heavy atom. The molecule has 0 aliphatic heterocycles. The van der Waals surface area contributed by atoms with E-state index in [0.29, 0.717) is 18.1 Å². The molecule has 1 aromatic carbocycles. The van der Waals surface area contributed by atoms with Crippen LogP contribution < -0.4 is 0 Å². The predicted octanol–water partition coefficient (Wildman–Crippen LogP) is 6.38. The second-order valence-electron chi connectivity index (χ2n) is 9.10. The highest BCUT2D eigenvalue weighted by Gasteiger charge is 2.35. The summed E-state index contributed by atoms with van der Waals surface area (Å²) in [6.45, 7) is 17.3. The molecular weight excluding hydrogens is 292 g/mol. The van der Waals surface area contributed by atoms with E-state index in [9.17, 15) is 4.79 Å². The summed E-state index contributed by atoms with van der Waals surface area (Å²) >= 11 is 0. The standard InChI is InChI=1S/C23H34O/c1-8-10-16(9-2)13-20(24)19-15-18(22(3,4)5)14-17-11-12-23(6,7)21(17)19/h9,14-16H,2,8,10-13H2,1,3-7H3/t16-/m0/s1. The summed E-state index contributed by atoms with van der Waals surface area (Å²) in [6, 6.07) is 4.53. The molecule has 1 aromatic rings. The van der Waals surface area contributed by atoms with E-state index in [1.807, 2.05) is 6.08 Å². The molecule has 24 heavy (non-hydrogen) atoms. The molecule has 0 amide bonds. The summed E-state index contributed by atoms with van der Waals surface area (Å²) in [5.41, 5.74) is 5.13. The third-order valence-electron chi connectivity index (χ3n) is 5.52. The molecule has 1 heteroatoms. The van der Waals surface area contributed by atoms with Gasteiger partial charge in [-0.3, -0.25) is 4.79 Å². The monoisotopic (exact) mass is 326 g/mol. The van der Waals surface area contributed by atoms with Crippen LogP contribution in [0.4, 0.5) is 0 Å². The molecule has 0 saturated heterocycles. The third-order valence-corrected chi connectivity index (χ3v) is 5.52. The minimum absolute atomic E-state index is 0.0675. The summed E-state index contributed by atoms with van der Waals surface area (Å²) in [7, 11) is 0. The first kappa shape index (κ1) is 19.0. The second kappa shape index (κ2) is 6.86. The van der Waals surface area contributed by atoms with Gasteiger partial charge in [0.15, 0.2) is 5.78 Å². The zero-order valence-corrected chi connectivity index (χ0v) is 16.5. The Labute approximate surface area is 148 Å². The number of rotatable bonds is 6. The number of hydrogen-bond donors (Lipinski definition) is 0. The van der Waals surface area contributed by atoms with Gasteiger partial charge in [0.25, 0.3) is 0 Å². The van der Waals surface area contributed by atoms with Gasteiger partial charge in [-0.05, 0) is 58.8 Å². The van der Waals surface area contributed by atoms with E-state index in [1.54, 1.807) is 0 Å². The first-order valence-electron chi connectivity index (χ1n) is 9.43. The second-order valence-corrected chi connectivity index (χ2v) is 9.10. The van der Waals surface area contributed by atoms with Crippen molar-refractivity contribution >= 4 is 5.78 Å². The molecule has 0 radical (unpaired) electrons. The van der Waals surface area contributed by atoms with E-state index in [1.165, 1.54) is 16.7 Å². The summed E-state index contributed by atoms with van der Waals surface area (Å²) in [5, 5.41) is 0. The molecule has 0 aromatic heterocycles. The summed E-state index contributed by atoms with van der Waals surface area (Å²) in [6.07, 6.45) is 6.91. The lowest BCUT2D eigenvalue weighted by Crippen LogP contribution is -2.20. The normalized spacial score (nSPS) is 17.4. The Balaban J connectivity index is 2.49. The Morgan fingerprint density at radius 2 is 2.00 bits per heavy atom. The van der Waals surface area contributed by atoms with Gasteiger partial charge in [0.05, 0.1) is 0 Å². The van der Waals surface area contributed by atoms with Crippen LogP contribution in [-0.2, 0) is 17.3 Å². The van der Waals surface area contributed by atoms with Gasteiger partial charge >= 0.3 is 0 Å². The van der Waals surface area contributed by atoms with Crippen molar-refractivity contribution in [3.05, 3.63) is 47.0 Å². The molecule has 2 rings (SSSR count). The molecule has 1 aliphatic rings. The van der Waals surface area contributed by atoms with Crippen molar-refractivity contribution in [3.8, 4) is 0 Å². The van der Waals surface area contributed by atoms with Crippen LogP contribution in [-0.4, -0.2) is 5.78 Å². The SMILES string of the molecule is C=C[C@@H](CCC)CC(=O)c1cc(C(C)(C)C)cc2c1C(C)(C)CC2. The Kier molecular flexibility index (Phi) is 5.42. The molecule has 0 N–H and O–H groups in total. The minimum atomic E-state index is 0.0675. The smallest absolute Gasteiger partial charge is 0.163 e. The molecule has 0 bridgehead atoms. The summed E-state index contributed by atoms with van der Waals surface area (Å²) < 4.78 is 0. The molecular formula is C23H34O. The van der Waals surface area contributed by atoms with E-state index in [2.05, 4.69) is 60.3 Å². The van der Waals surface area contributed by atoms with Crippen LogP contribution in [0.3, 0.4) is 0 Å². The van der Waals surface area contributed by atoms with Crippen molar-refractivity contribution in [2.75, 3.05) is 0 Å². The van der Waals surface area contributed by atoms with E-state index in [4.69, 9.17) is 0 Å². The highest BCUT2D eigenvalue weighted by Crippen LogP contribution is 2.43. The molecule has 0 saturated carbocycles. The number of carbonyl (C=O) groups is 1. The van der Waals surface area contributed by atoms with Crippen molar-refractivity contribution in [2.24, 2.45) is 5.92 Å². The van der Waals surface area contributed by atoms with Crippen LogP contribution in [0, 0.1) is 5.92 Å². The molecule has 1 nitrogen and oxygen atoms in total. The number of benzene rings is 1. The van der Waals surface area contributed by atoms with Gasteiger partial charge in [0.1, 0.15) is 0 Å². The fraction of sp³-hybridized carbons (Fsp3) is 0.609. The largest absolute Gasteiger partial charge is 0.294 e. The number of carbonyl (C=O) groups excluding carboxylic acids is 1. The van der Waals surface area contributed by atoms with Crippen LogP contribution in [0.25, 0.3) is 0 Å². The number of hydrogen-bond acceptors (Lipinski definition) is 1. The number of allylic oxidation sites excluding steroid dienone is 1. The predicted molar refractivity (Wildman–Crippen MR) is 104 cm³/mol. The molecule has 0 heterocycles. The molecule has 0 spiro atoms. The van der Waals surface area contributed by atoms with Crippen LogP contribution in [0.5, 0.6) is 0 Å². The highest BCUT2D eigenvalue weighted by molar-refractivity contribution is 5.99. The Hall–Kier alpha value is -1.37. The van der Waals surface area contributed by atoms with Gasteiger partial charge in [-0.15, -0.1) is 6.58 Å². The fourth-order valence-corrected chi connectivity index (χ4v) is 3.95. The van der Waals surface area contributed by atoms with Gasteiger partial charge in [0.2, 0.25) is 0 Å². The Morgan fingerprint density at radius 3 is 2.54 bits per heavy atom. The highest BCUT2D eigenvalue weighted by atomic mass is 16.1. The molecule has 132 valence electrons. The maximum absolute atomic E-state index is 13.2. The third kappa shape index (κ3) is 3.82. The van der Waals surface area contributed by atoms with Gasteiger partial charge in [-0.2, -0.15) is 0 Å². The summed E-state index contributed by atoms with van der Waals surface area (Å²) in [5.74, 6) is 0.589. The molecule has 0 fully saturated rings. The van der Waals surface area contributed by atoms with Gasteiger partial charge in [-0.25, -0.2) is 0 Å². The van der Waals surface area contributed by atoms with E-state index in [0.717, 1.165) is 31.2 Å². The maximum atomic E-state index is 13.2. The lowest BCUT2D eigenvalue weighted by atomic mass is 9.77. The van der Waals surface area contributed by atoms with Crippen molar-refractivity contribution in [3.63, 3.8) is 0 Å². The molecule has 1 atom stereocenters. The Bertz CT molecular complexity index is 628. The van der Waals surface area contributed by atoms with E-state index in [-0.39, 0.29) is 10.8 Å². The van der Waals surface area contributed by atoms with Crippen LogP contribution >= 0.6 is 0 Å². The number of aryl methyl sites for hydroxylation is 1. The van der Waals surface area contributed by atoms with Crippen LogP contribution in [0.2, 0.25) is 0 Å². The molecule has 1 aliphatic carbocycles. The lowest BCUT2D eigenvalue weighted by Gasteiger charge is -2.26. The van der Waals surface area contributed by atoms with E-state index >= 15 is 0 Å². The molecule has 0 unspecified atom stereocenters. The van der Waals surface area contributed by atoms with Gasteiger partial charge in [0, 0.05) is 12.0 Å². The van der Waals surface area contributed by atoms with Crippen molar-refractivity contribution in [2.45, 2.75) is 84.5 Å². The first-order valence-corrected chi connectivity index (χ1v) is 9.43. The quantitative estimate of drug-likeness (QED) is 0.437. The minimum Gasteiger partial charge on any atom is -0.294 e. The van der Waals surface area contributed by atoms with Crippen LogP contribution in [0.15, 0.2) is 24.8 Å². The number of Topliss-reactive ketones (excluding diaryl/α,β-unsaturated/α-hetero) is 1. The average Bonchev–Trinajstić information content (AvgIpc) is 2.80. The average molecular weight is 327 g/mol. The number of fused-ring (bicyclic) bond motifs is 1. The zero-order valence-electron chi connectivity index (χ0n) is 16.5. The lowest BCUT2D eigenvalue weighted by molar-refractivity contribution is 0.0965. The number of ketones is 1. The summed E-state index contributed by atoms with van der Waals surface area (Å²) in [4.78, 5) is 13.2. The topological polar surface area (TPSA) is 17.1 Å². The van der Waals surface area contributed by atoms with Crippen molar-refractivity contribution in [1.82, 2.24) is 0 Å². The van der Waals surface area contributed by atoms with Gasteiger partial charge < -0.3 is 0 Å². The van der Waals surface area contributed by atoms with Gasteiger partial charge in [-0.1, -0.05) is 60.1 Å². The maximum Gasteiger partial charge on any atom is 0.163 e.